The third-order valence-corrected chi connectivity index (χ3v) is 4.18. The zero-order valence-corrected chi connectivity index (χ0v) is 15.8. The maximum Gasteiger partial charge on any atom is 0.276 e. The summed E-state index contributed by atoms with van der Waals surface area (Å²) in [5.41, 5.74) is 2.64. The average molecular weight is 353 g/mol. The van der Waals surface area contributed by atoms with Crippen LogP contribution in [0, 0.1) is 6.92 Å². The van der Waals surface area contributed by atoms with Crippen LogP contribution in [-0.2, 0) is 0 Å². The minimum absolute atomic E-state index is 0.170. The lowest BCUT2D eigenvalue weighted by atomic mass is 10.1. The van der Waals surface area contributed by atoms with Crippen LogP contribution < -0.4 is 10.2 Å². The van der Waals surface area contributed by atoms with Crippen molar-refractivity contribution in [3.8, 4) is 0 Å². The molecular weight excluding hydrogens is 326 g/mol. The molecule has 26 heavy (non-hydrogen) atoms. The predicted octanol–water partition coefficient (Wildman–Crippen LogP) is 3.98. The number of anilines is 1. The maximum atomic E-state index is 12.9. The SMILES string of the molecule is CCCCCNC(=O)c1ccnc(C(=O)N(CC)c2cccc(C)c2)c1. The van der Waals surface area contributed by atoms with Gasteiger partial charge in [-0.25, -0.2) is 0 Å². The Balaban J connectivity index is 2.14. The number of benzene rings is 1. The van der Waals surface area contributed by atoms with Crippen LogP contribution in [0.3, 0.4) is 0 Å². The first-order valence-corrected chi connectivity index (χ1v) is 9.19. The summed E-state index contributed by atoms with van der Waals surface area (Å²) >= 11 is 0. The van der Waals surface area contributed by atoms with Crippen molar-refractivity contribution in [1.82, 2.24) is 10.3 Å². The normalized spacial score (nSPS) is 10.4. The monoisotopic (exact) mass is 353 g/mol. The summed E-state index contributed by atoms with van der Waals surface area (Å²) in [6.45, 7) is 7.20. The first kappa shape index (κ1) is 19.6. The molecule has 0 saturated heterocycles. The first-order valence-electron chi connectivity index (χ1n) is 9.19. The molecule has 0 radical (unpaired) electrons. The van der Waals surface area contributed by atoms with E-state index in [-0.39, 0.29) is 17.5 Å². The molecule has 138 valence electrons. The zero-order valence-electron chi connectivity index (χ0n) is 15.8. The number of rotatable bonds is 8. The van der Waals surface area contributed by atoms with Crippen molar-refractivity contribution in [2.45, 2.75) is 40.0 Å². The highest BCUT2D eigenvalue weighted by Gasteiger charge is 2.19. The van der Waals surface area contributed by atoms with Crippen molar-refractivity contribution >= 4 is 17.5 Å². The Morgan fingerprint density at radius 3 is 2.62 bits per heavy atom. The Bertz CT molecular complexity index is 758. The Hall–Kier alpha value is -2.69. The molecule has 1 N–H and O–H groups in total. The van der Waals surface area contributed by atoms with Crippen LogP contribution in [0.2, 0.25) is 0 Å². The fourth-order valence-corrected chi connectivity index (χ4v) is 2.75. The number of hydrogen-bond acceptors (Lipinski definition) is 3. The smallest absolute Gasteiger partial charge is 0.276 e. The molecule has 0 spiro atoms. The Labute approximate surface area is 155 Å². The van der Waals surface area contributed by atoms with Crippen LogP contribution in [0.1, 0.15) is 59.5 Å². The highest BCUT2D eigenvalue weighted by Crippen LogP contribution is 2.18. The van der Waals surface area contributed by atoms with E-state index in [0.29, 0.717) is 18.7 Å². The minimum Gasteiger partial charge on any atom is -0.352 e. The number of aryl methyl sites for hydroxylation is 1. The molecule has 0 aliphatic rings. The number of unbranched alkanes of at least 4 members (excludes halogenated alkanes) is 2. The van der Waals surface area contributed by atoms with E-state index in [1.807, 2.05) is 38.1 Å². The molecule has 2 rings (SSSR count). The molecule has 5 heteroatoms. The summed E-state index contributed by atoms with van der Waals surface area (Å²) in [6.07, 6.45) is 4.66. The van der Waals surface area contributed by atoms with Crippen molar-refractivity contribution < 1.29 is 9.59 Å². The van der Waals surface area contributed by atoms with Crippen molar-refractivity contribution in [3.05, 3.63) is 59.4 Å². The van der Waals surface area contributed by atoms with E-state index in [4.69, 9.17) is 0 Å². The highest BCUT2D eigenvalue weighted by molar-refractivity contribution is 6.06. The second kappa shape index (κ2) is 9.70. The standard InChI is InChI=1S/C21H27N3O2/c1-4-6-7-12-23-20(25)17-11-13-22-19(15-17)21(26)24(5-2)18-10-8-9-16(3)14-18/h8-11,13-15H,4-7,12H2,1-3H3,(H,23,25). The number of amides is 2. The summed E-state index contributed by atoms with van der Waals surface area (Å²) in [5, 5.41) is 2.89. The van der Waals surface area contributed by atoms with Gasteiger partial charge in [-0.15, -0.1) is 0 Å². The fourth-order valence-electron chi connectivity index (χ4n) is 2.75. The summed E-state index contributed by atoms with van der Waals surface area (Å²) < 4.78 is 0. The Morgan fingerprint density at radius 1 is 1.12 bits per heavy atom. The van der Waals surface area contributed by atoms with Gasteiger partial charge in [-0.3, -0.25) is 14.6 Å². The Morgan fingerprint density at radius 2 is 1.92 bits per heavy atom. The summed E-state index contributed by atoms with van der Waals surface area (Å²) in [5.74, 6) is -0.380. The van der Waals surface area contributed by atoms with Crippen molar-refractivity contribution in [3.63, 3.8) is 0 Å². The van der Waals surface area contributed by atoms with E-state index in [9.17, 15) is 9.59 Å². The van der Waals surface area contributed by atoms with Gasteiger partial charge < -0.3 is 10.2 Å². The average Bonchev–Trinajstić information content (AvgIpc) is 2.66. The maximum absolute atomic E-state index is 12.9. The van der Waals surface area contributed by atoms with Crippen LogP contribution in [-0.4, -0.2) is 29.9 Å². The second-order valence-corrected chi connectivity index (χ2v) is 6.28. The molecular formula is C21H27N3O2. The van der Waals surface area contributed by atoms with Crippen LogP contribution in [0.15, 0.2) is 42.6 Å². The molecule has 0 unspecified atom stereocenters. The number of aromatic nitrogens is 1. The summed E-state index contributed by atoms with van der Waals surface area (Å²) in [7, 11) is 0. The number of pyridine rings is 1. The van der Waals surface area contributed by atoms with Gasteiger partial charge in [0.1, 0.15) is 5.69 Å². The summed E-state index contributed by atoms with van der Waals surface area (Å²) in [6, 6.07) is 11.0. The molecule has 0 saturated carbocycles. The largest absolute Gasteiger partial charge is 0.352 e. The topological polar surface area (TPSA) is 62.3 Å². The highest BCUT2D eigenvalue weighted by atomic mass is 16.2. The number of carbonyl (C=O) groups is 2. The van der Waals surface area contributed by atoms with E-state index in [0.717, 1.165) is 30.5 Å². The fraction of sp³-hybridized carbons (Fsp3) is 0.381. The van der Waals surface area contributed by atoms with E-state index in [1.54, 1.807) is 17.0 Å². The van der Waals surface area contributed by atoms with Gasteiger partial charge in [0.25, 0.3) is 11.8 Å². The summed E-state index contributed by atoms with van der Waals surface area (Å²) in [4.78, 5) is 31.0. The van der Waals surface area contributed by atoms with Gasteiger partial charge in [-0.05, 0) is 50.1 Å². The third-order valence-electron chi connectivity index (χ3n) is 4.18. The van der Waals surface area contributed by atoms with Crippen LogP contribution >= 0.6 is 0 Å². The van der Waals surface area contributed by atoms with Gasteiger partial charge in [0.2, 0.25) is 0 Å². The second-order valence-electron chi connectivity index (χ2n) is 6.28. The number of nitrogens with one attached hydrogen (secondary N) is 1. The van der Waals surface area contributed by atoms with Gasteiger partial charge >= 0.3 is 0 Å². The molecule has 2 aromatic rings. The van der Waals surface area contributed by atoms with Crippen LogP contribution in [0.4, 0.5) is 5.69 Å². The number of carbonyl (C=O) groups excluding carboxylic acids is 2. The minimum atomic E-state index is -0.210. The van der Waals surface area contributed by atoms with Crippen molar-refractivity contribution in [2.75, 3.05) is 18.0 Å². The molecule has 0 fully saturated rings. The van der Waals surface area contributed by atoms with Crippen molar-refractivity contribution in [1.29, 1.82) is 0 Å². The van der Waals surface area contributed by atoms with Gasteiger partial charge in [-0.1, -0.05) is 31.9 Å². The molecule has 0 aliphatic heterocycles. The zero-order chi connectivity index (χ0) is 18.9. The predicted molar refractivity (Wildman–Crippen MR) is 105 cm³/mol. The first-order chi connectivity index (χ1) is 12.6. The molecule has 0 atom stereocenters. The van der Waals surface area contributed by atoms with Gasteiger partial charge in [-0.2, -0.15) is 0 Å². The lowest BCUT2D eigenvalue weighted by Crippen LogP contribution is -2.32. The molecule has 1 aromatic carbocycles. The van der Waals surface area contributed by atoms with Gasteiger partial charge in [0.15, 0.2) is 0 Å². The van der Waals surface area contributed by atoms with Crippen molar-refractivity contribution in [2.24, 2.45) is 0 Å². The van der Waals surface area contributed by atoms with Gasteiger partial charge in [0, 0.05) is 30.5 Å². The molecule has 2 amide bonds. The van der Waals surface area contributed by atoms with Gasteiger partial charge in [0.05, 0.1) is 0 Å². The van der Waals surface area contributed by atoms with E-state index in [2.05, 4.69) is 17.2 Å². The third kappa shape index (κ3) is 5.15. The van der Waals surface area contributed by atoms with E-state index < -0.39 is 0 Å². The number of nitrogens with zero attached hydrogens (tertiary/aromatic N) is 2. The lowest BCUT2D eigenvalue weighted by molar-refractivity contribution is 0.0953. The molecule has 0 aliphatic carbocycles. The molecule has 0 bridgehead atoms. The van der Waals surface area contributed by atoms with E-state index in [1.165, 1.54) is 6.20 Å². The van der Waals surface area contributed by atoms with Crippen LogP contribution in [0.25, 0.3) is 0 Å². The van der Waals surface area contributed by atoms with Crippen LogP contribution in [0.5, 0.6) is 0 Å². The lowest BCUT2D eigenvalue weighted by Gasteiger charge is -2.21. The quantitative estimate of drug-likeness (QED) is 0.730. The molecule has 1 aromatic heterocycles. The Kier molecular flexibility index (Phi) is 7.33. The molecule has 1 heterocycles. The van der Waals surface area contributed by atoms with E-state index >= 15 is 0 Å². The molecule has 5 nitrogen and oxygen atoms in total. The number of hydrogen-bond donors (Lipinski definition) is 1.